The first kappa shape index (κ1) is 23.5. The molecule has 0 radical (unpaired) electrons. The van der Waals surface area contributed by atoms with Gasteiger partial charge in [0.15, 0.2) is 14.9 Å². The molecule has 0 saturated carbocycles. The highest BCUT2D eigenvalue weighted by Gasteiger charge is 2.39. The molecule has 1 atom stereocenters. The molecule has 1 aromatic heterocycles. The van der Waals surface area contributed by atoms with Crippen LogP contribution in [0.2, 0.25) is 0 Å². The van der Waals surface area contributed by atoms with Crippen LogP contribution in [0.15, 0.2) is 84.4 Å². The van der Waals surface area contributed by atoms with Crippen molar-refractivity contribution in [3.05, 3.63) is 76.7 Å². The van der Waals surface area contributed by atoms with Crippen LogP contribution < -0.4 is 0 Å². The number of rotatable bonds is 7. The summed E-state index contributed by atoms with van der Waals surface area (Å²) < 4.78 is 72.0. The lowest BCUT2D eigenvalue weighted by molar-refractivity contribution is 0.296. The number of hydrogen-bond acceptors (Lipinski definition) is 6. The van der Waals surface area contributed by atoms with E-state index < -0.39 is 31.7 Å². The highest BCUT2D eigenvalue weighted by Crippen LogP contribution is 2.32. The maximum absolute atomic E-state index is 13.3. The van der Waals surface area contributed by atoms with E-state index in [1.807, 2.05) is 24.3 Å². The third kappa shape index (κ3) is 5.45. The standard InChI is InChI=1S/C21H19BrFNO5S3/c22-15-1-6-19(7-2-15)30-21-10-5-18(29-21)13-24(17-11-12-31(25,26)14-17)32(27,28)20-8-3-16(23)4-9-20/h1-10,17H,11-14H2/t17-/m0/s1. The summed E-state index contributed by atoms with van der Waals surface area (Å²) in [7, 11) is -7.40. The molecule has 170 valence electrons. The van der Waals surface area contributed by atoms with E-state index in [1.54, 1.807) is 12.1 Å². The molecular weight excluding hydrogens is 541 g/mol. The molecule has 0 aliphatic carbocycles. The lowest BCUT2D eigenvalue weighted by atomic mass is 10.2. The zero-order valence-electron chi connectivity index (χ0n) is 16.6. The Labute approximate surface area is 198 Å². The summed E-state index contributed by atoms with van der Waals surface area (Å²) in [4.78, 5) is 0.853. The largest absolute Gasteiger partial charge is 0.453 e. The second-order valence-corrected chi connectivity index (χ2v) is 13.5. The van der Waals surface area contributed by atoms with E-state index in [0.29, 0.717) is 10.9 Å². The summed E-state index contributed by atoms with van der Waals surface area (Å²) in [6.45, 7) is -0.124. The molecule has 6 nitrogen and oxygen atoms in total. The molecular formula is C21H19BrFNO5S3. The SMILES string of the molecule is O=S1(=O)CC[C@H](N(Cc2ccc(Sc3ccc(Br)cc3)o2)S(=O)(=O)c2ccc(F)cc2)C1. The quantitative estimate of drug-likeness (QED) is 0.416. The Morgan fingerprint density at radius 1 is 1.06 bits per heavy atom. The molecule has 1 fully saturated rings. The number of sulfone groups is 1. The first-order valence-corrected chi connectivity index (χ1v) is 14.5. The molecule has 2 heterocycles. The molecule has 0 N–H and O–H groups in total. The molecule has 11 heteroatoms. The Bertz CT molecular complexity index is 1310. The van der Waals surface area contributed by atoms with E-state index >= 15 is 0 Å². The third-order valence-electron chi connectivity index (χ3n) is 5.02. The molecule has 1 saturated heterocycles. The van der Waals surface area contributed by atoms with Crippen molar-refractivity contribution in [2.24, 2.45) is 0 Å². The maximum Gasteiger partial charge on any atom is 0.243 e. The molecule has 32 heavy (non-hydrogen) atoms. The summed E-state index contributed by atoms with van der Waals surface area (Å²) in [6, 6.07) is 14.9. The van der Waals surface area contributed by atoms with Crippen LogP contribution in [0.1, 0.15) is 12.2 Å². The molecule has 1 aliphatic heterocycles. The summed E-state index contributed by atoms with van der Waals surface area (Å²) >= 11 is 4.77. The maximum atomic E-state index is 13.3. The fraction of sp³-hybridized carbons (Fsp3) is 0.238. The average molecular weight is 560 g/mol. The van der Waals surface area contributed by atoms with Crippen molar-refractivity contribution >= 4 is 47.6 Å². The Morgan fingerprint density at radius 3 is 2.38 bits per heavy atom. The Morgan fingerprint density at radius 2 is 1.75 bits per heavy atom. The van der Waals surface area contributed by atoms with Crippen LogP contribution in [-0.2, 0) is 26.4 Å². The summed E-state index contributed by atoms with van der Waals surface area (Å²) in [6.07, 6.45) is 0.198. The monoisotopic (exact) mass is 559 g/mol. The van der Waals surface area contributed by atoms with Gasteiger partial charge in [-0.05, 0) is 67.1 Å². The molecule has 1 aliphatic rings. The van der Waals surface area contributed by atoms with E-state index in [1.165, 1.54) is 23.9 Å². The van der Waals surface area contributed by atoms with Gasteiger partial charge >= 0.3 is 0 Å². The number of hydrogen-bond donors (Lipinski definition) is 0. The number of nitrogens with zero attached hydrogens (tertiary/aromatic N) is 1. The van der Waals surface area contributed by atoms with Gasteiger partial charge in [-0.3, -0.25) is 0 Å². The van der Waals surface area contributed by atoms with Gasteiger partial charge in [-0.2, -0.15) is 4.31 Å². The lowest BCUT2D eigenvalue weighted by Crippen LogP contribution is -2.40. The highest BCUT2D eigenvalue weighted by molar-refractivity contribution is 9.10. The fourth-order valence-corrected chi connectivity index (χ4v) is 7.92. The van der Waals surface area contributed by atoms with Gasteiger partial charge in [-0.25, -0.2) is 21.2 Å². The van der Waals surface area contributed by atoms with Crippen LogP contribution in [0, 0.1) is 5.82 Å². The van der Waals surface area contributed by atoms with Gasteiger partial charge in [0.2, 0.25) is 10.0 Å². The van der Waals surface area contributed by atoms with Crippen LogP contribution >= 0.6 is 27.7 Å². The molecule has 0 bridgehead atoms. The zero-order chi connectivity index (χ0) is 22.9. The normalized spacial score (nSPS) is 18.3. The number of furan rings is 1. The van der Waals surface area contributed by atoms with Gasteiger partial charge in [0.25, 0.3) is 0 Å². The van der Waals surface area contributed by atoms with Gasteiger partial charge in [0.05, 0.1) is 22.9 Å². The second kappa shape index (κ2) is 9.30. The van der Waals surface area contributed by atoms with Crippen molar-refractivity contribution in [2.45, 2.75) is 33.9 Å². The van der Waals surface area contributed by atoms with Crippen molar-refractivity contribution < 1.29 is 25.6 Å². The topological polar surface area (TPSA) is 84.7 Å². The Hall–Kier alpha value is -1.66. The predicted octanol–water partition coefficient (Wildman–Crippen LogP) is 4.71. The van der Waals surface area contributed by atoms with Crippen molar-refractivity contribution in [1.29, 1.82) is 0 Å². The predicted molar refractivity (Wildman–Crippen MR) is 123 cm³/mol. The van der Waals surface area contributed by atoms with Gasteiger partial charge in [0, 0.05) is 15.4 Å². The van der Waals surface area contributed by atoms with E-state index in [9.17, 15) is 21.2 Å². The molecule has 0 amide bonds. The molecule has 0 spiro atoms. The lowest BCUT2D eigenvalue weighted by Gasteiger charge is -2.26. The van der Waals surface area contributed by atoms with Crippen molar-refractivity contribution in [2.75, 3.05) is 11.5 Å². The van der Waals surface area contributed by atoms with Crippen LogP contribution in [0.5, 0.6) is 0 Å². The Balaban J connectivity index is 1.60. The zero-order valence-corrected chi connectivity index (χ0v) is 20.7. The highest BCUT2D eigenvalue weighted by atomic mass is 79.9. The van der Waals surface area contributed by atoms with Crippen LogP contribution in [0.25, 0.3) is 0 Å². The minimum atomic E-state index is -4.07. The van der Waals surface area contributed by atoms with Crippen LogP contribution in [-0.4, -0.2) is 38.7 Å². The average Bonchev–Trinajstić information content (AvgIpc) is 3.33. The number of benzene rings is 2. The molecule has 3 aromatic rings. The molecule has 4 rings (SSSR count). The van der Waals surface area contributed by atoms with E-state index in [2.05, 4.69) is 15.9 Å². The van der Waals surface area contributed by atoms with Crippen molar-refractivity contribution in [3.8, 4) is 0 Å². The van der Waals surface area contributed by atoms with Gasteiger partial charge in [0.1, 0.15) is 11.6 Å². The number of sulfonamides is 1. The number of halogens is 2. The first-order chi connectivity index (χ1) is 15.1. The fourth-order valence-electron chi connectivity index (χ4n) is 3.43. The first-order valence-electron chi connectivity index (χ1n) is 9.62. The van der Waals surface area contributed by atoms with Crippen LogP contribution in [0.3, 0.4) is 0 Å². The van der Waals surface area contributed by atoms with Gasteiger partial charge < -0.3 is 4.42 Å². The summed E-state index contributed by atoms with van der Waals surface area (Å²) in [5, 5.41) is 0.584. The van der Waals surface area contributed by atoms with Crippen molar-refractivity contribution in [3.63, 3.8) is 0 Å². The van der Waals surface area contributed by atoms with E-state index in [0.717, 1.165) is 25.8 Å². The third-order valence-corrected chi connectivity index (χ3v) is 10.1. The van der Waals surface area contributed by atoms with Gasteiger partial charge in [-0.1, -0.05) is 27.7 Å². The van der Waals surface area contributed by atoms with Crippen LogP contribution in [0.4, 0.5) is 4.39 Å². The second-order valence-electron chi connectivity index (χ2n) is 7.34. The van der Waals surface area contributed by atoms with E-state index in [4.69, 9.17) is 4.42 Å². The van der Waals surface area contributed by atoms with E-state index in [-0.39, 0.29) is 29.4 Å². The molecule has 0 unspecified atom stereocenters. The minimum absolute atomic E-state index is 0.0735. The smallest absolute Gasteiger partial charge is 0.243 e. The molecule has 2 aromatic carbocycles. The summed E-state index contributed by atoms with van der Waals surface area (Å²) in [5.41, 5.74) is 0. The van der Waals surface area contributed by atoms with Gasteiger partial charge in [-0.15, -0.1) is 0 Å². The summed E-state index contributed by atoms with van der Waals surface area (Å²) in [5.74, 6) is -0.496. The Kier molecular flexibility index (Phi) is 6.83. The van der Waals surface area contributed by atoms with Crippen molar-refractivity contribution in [1.82, 2.24) is 4.31 Å². The minimum Gasteiger partial charge on any atom is -0.453 e.